The molecular weight excluding hydrogens is 288 g/mol. The van der Waals surface area contributed by atoms with Crippen molar-refractivity contribution in [2.24, 2.45) is 0 Å². The zero-order chi connectivity index (χ0) is 16.0. The maximum Gasteiger partial charge on any atom is 0.261 e. The number of para-hydroxylation sites is 1. The topological polar surface area (TPSA) is 40.6 Å². The number of anilines is 1. The van der Waals surface area contributed by atoms with E-state index in [-0.39, 0.29) is 17.9 Å². The van der Waals surface area contributed by atoms with Gasteiger partial charge in [0.1, 0.15) is 0 Å². The SMILES string of the molecule is CCN1c2ccccc2CC1CN1C(=O)c2ccccc2C1=O. The molecule has 116 valence electrons. The second-order valence-electron chi connectivity index (χ2n) is 6.04. The Morgan fingerprint density at radius 1 is 0.957 bits per heavy atom. The van der Waals surface area contributed by atoms with Crippen molar-refractivity contribution in [1.29, 1.82) is 0 Å². The van der Waals surface area contributed by atoms with E-state index in [1.165, 1.54) is 16.2 Å². The molecule has 4 rings (SSSR count). The van der Waals surface area contributed by atoms with Crippen LogP contribution in [0.4, 0.5) is 5.69 Å². The minimum absolute atomic E-state index is 0.152. The second kappa shape index (κ2) is 5.23. The number of fused-ring (bicyclic) bond motifs is 2. The summed E-state index contributed by atoms with van der Waals surface area (Å²) in [5, 5.41) is 0. The minimum Gasteiger partial charge on any atom is -0.366 e. The first kappa shape index (κ1) is 14.0. The van der Waals surface area contributed by atoms with Crippen LogP contribution < -0.4 is 4.90 Å². The fourth-order valence-corrected chi connectivity index (χ4v) is 3.73. The second-order valence-corrected chi connectivity index (χ2v) is 6.04. The van der Waals surface area contributed by atoms with Gasteiger partial charge in [-0.1, -0.05) is 30.3 Å². The summed E-state index contributed by atoms with van der Waals surface area (Å²) >= 11 is 0. The monoisotopic (exact) mass is 306 g/mol. The predicted molar refractivity (Wildman–Crippen MR) is 88.8 cm³/mol. The van der Waals surface area contributed by atoms with Crippen LogP contribution in [0.25, 0.3) is 0 Å². The molecule has 2 aliphatic rings. The highest BCUT2D eigenvalue weighted by Gasteiger charge is 2.39. The Bertz CT molecular complexity index is 764. The molecule has 0 bridgehead atoms. The number of benzene rings is 2. The van der Waals surface area contributed by atoms with Crippen LogP contribution in [-0.4, -0.2) is 35.8 Å². The summed E-state index contributed by atoms with van der Waals surface area (Å²) in [5.41, 5.74) is 3.56. The average Bonchev–Trinajstić information content (AvgIpc) is 3.06. The number of likely N-dealkylation sites (N-methyl/N-ethyl adjacent to an activating group) is 1. The van der Waals surface area contributed by atoms with Crippen molar-refractivity contribution in [2.45, 2.75) is 19.4 Å². The molecule has 2 amide bonds. The van der Waals surface area contributed by atoms with E-state index in [2.05, 4.69) is 24.0 Å². The van der Waals surface area contributed by atoms with Gasteiger partial charge in [-0.15, -0.1) is 0 Å². The highest BCUT2D eigenvalue weighted by atomic mass is 16.2. The van der Waals surface area contributed by atoms with Crippen molar-refractivity contribution in [2.75, 3.05) is 18.0 Å². The van der Waals surface area contributed by atoms with Gasteiger partial charge in [-0.05, 0) is 37.1 Å². The molecule has 4 nitrogen and oxygen atoms in total. The van der Waals surface area contributed by atoms with Crippen molar-refractivity contribution in [3.63, 3.8) is 0 Å². The zero-order valence-electron chi connectivity index (χ0n) is 13.0. The molecule has 0 aromatic heterocycles. The molecule has 0 radical (unpaired) electrons. The molecule has 2 heterocycles. The minimum atomic E-state index is -0.169. The average molecular weight is 306 g/mol. The molecule has 0 saturated carbocycles. The number of carbonyl (C=O) groups is 2. The van der Waals surface area contributed by atoms with Crippen molar-refractivity contribution >= 4 is 17.5 Å². The van der Waals surface area contributed by atoms with Gasteiger partial charge in [0.15, 0.2) is 0 Å². The largest absolute Gasteiger partial charge is 0.366 e. The predicted octanol–water partition coefficient (Wildman–Crippen LogP) is 2.73. The van der Waals surface area contributed by atoms with Gasteiger partial charge < -0.3 is 4.90 Å². The van der Waals surface area contributed by atoms with Gasteiger partial charge in [-0.2, -0.15) is 0 Å². The lowest BCUT2D eigenvalue weighted by Crippen LogP contribution is -2.44. The number of carbonyl (C=O) groups excluding carboxylic acids is 2. The van der Waals surface area contributed by atoms with E-state index in [9.17, 15) is 9.59 Å². The van der Waals surface area contributed by atoms with E-state index in [4.69, 9.17) is 0 Å². The molecule has 4 heteroatoms. The van der Waals surface area contributed by atoms with Crippen molar-refractivity contribution in [3.05, 3.63) is 65.2 Å². The van der Waals surface area contributed by atoms with Crippen LogP contribution in [0.3, 0.4) is 0 Å². The van der Waals surface area contributed by atoms with Crippen LogP contribution in [0.2, 0.25) is 0 Å². The Labute approximate surface area is 135 Å². The molecule has 2 aromatic rings. The highest BCUT2D eigenvalue weighted by molar-refractivity contribution is 6.21. The maximum absolute atomic E-state index is 12.5. The van der Waals surface area contributed by atoms with Crippen LogP contribution >= 0.6 is 0 Å². The Kier molecular flexibility index (Phi) is 3.18. The first-order valence-electron chi connectivity index (χ1n) is 8.00. The standard InChI is InChI=1S/C19H18N2O2/c1-2-20-14(11-13-7-3-6-10-17(13)20)12-21-18(22)15-8-4-5-9-16(15)19(21)23/h3-10,14H,2,11-12H2,1H3. The summed E-state index contributed by atoms with van der Waals surface area (Å²) in [7, 11) is 0. The van der Waals surface area contributed by atoms with E-state index in [1.807, 2.05) is 12.1 Å². The summed E-state index contributed by atoms with van der Waals surface area (Å²) in [6.45, 7) is 3.41. The third-order valence-electron chi connectivity index (χ3n) is 4.81. The van der Waals surface area contributed by atoms with E-state index < -0.39 is 0 Å². The molecule has 0 fully saturated rings. The van der Waals surface area contributed by atoms with Gasteiger partial charge in [0.2, 0.25) is 0 Å². The number of amides is 2. The molecule has 0 saturated heterocycles. The third-order valence-corrected chi connectivity index (χ3v) is 4.81. The van der Waals surface area contributed by atoms with Crippen molar-refractivity contribution in [1.82, 2.24) is 4.90 Å². The smallest absolute Gasteiger partial charge is 0.261 e. The van der Waals surface area contributed by atoms with Crippen molar-refractivity contribution < 1.29 is 9.59 Å². The summed E-state index contributed by atoms with van der Waals surface area (Å²) in [6.07, 6.45) is 0.872. The Balaban J connectivity index is 1.61. The lowest BCUT2D eigenvalue weighted by atomic mass is 10.1. The Morgan fingerprint density at radius 2 is 1.57 bits per heavy atom. The lowest BCUT2D eigenvalue weighted by Gasteiger charge is -2.29. The number of rotatable bonds is 3. The van der Waals surface area contributed by atoms with Crippen LogP contribution in [-0.2, 0) is 6.42 Å². The summed E-state index contributed by atoms with van der Waals surface area (Å²) in [4.78, 5) is 28.8. The molecule has 23 heavy (non-hydrogen) atoms. The van der Waals surface area contributed by atoms with E-state index in [1.54, 1.807) is 24.3 Å². The van der Waals surface area contributed by atoms with Gasteiger partial charge in [0.05, 0.1) is 17.2 Å². The van der Waals surface area contributed by atoms with Gasteiger partial charge in [-0.3, -0.25) is 14.5 Å². The van der Waals surface area contributed by atoms with E-state index in [0.717, 1.165) is 13.0 Å². The molecule has 2 aliphatic heterocycles. The Hall–Kier alpha value is -2.62. The number of hydrogen-bond donors (Lipinski definition) is 0. The molecule has 1 atom stereocenters. The van der Waals surface area contributed by atoms with Gasteiger partial charge in [-0.25, -0.2) is 0 Å². The summed E-state index contributed by atoms with van der Waals surface area (Å²) in [5.74, 6) is -0.338. The molecule has 1 unspecified atom stereocenters. The normalized spacial score (nSPS) is 19.3. The van der Waals surface area contributed by atoms with Crippen molar-refractivity contribution in [3.8, 4) is 0 Å². The first-order valence-corrected chi connectivity index (χ1v) is 8.00. The summed E-state index contributed by atoms with van der Waals surface area (Å²) < 4.78 is 0. The summed E-state index contributed by atoms with van der Waals surface area (Å²) in [6, 6.07) is 15.5. The van der Waals surface area contributed by atoms with Gasteiger partial charge >= 0.3 is 0 Å². The van der Waals surface area contributed by atoms with Crippen LogP contribution in [0.15, 0.2) is 48.5 Å². The van der Waals surface area contributed by atoms with Crippen LogP contribution in [0.5, 0.6) is 0 Å². The molecule has 2 aromatic carbocycles. The molecule has 0 spiro atoms. The van der Waals surface area contributed by atoms with Gasteiger partial charge in [0.25, 0.3) is 11.8 Å². The fourth-order valence-electron chi connectivity index (χ4n) is 3.73. The maximum atomic E-state index is 12.5. The quantitative estimate of drug-likeness (QED) is 0.819. The first-order chi connectivity index (χ1) is 11.2. The highest BCUT2D eigenvalue weighted by Crippen LogP contribution is 2.33. The molecular formula is C19H18N2O2. The van der Waals surface area contributed by atoms with E-state index >= 15 is 0 Å². The Morgan fingerprint density at radius 3 is 2.22 bits per heavy atom. The number of nitrogens with zero attached hydrogens (tertiary/aromatic N) is 2. The van der Waals surface area contributed by atoms with E-state index in [0.29, 0.717) is 17.7 Å². The van der Waals surface area contributed by atoms with Crippen LogP contribution in [0.1, 0.15) is 33.2 Å². The third kappa shape index (κ3) is 2.05. The van der Waals surface area contributed by atoms with Gasteiger partial charge in [0, 0.05) is 18.8 Å². The number of hydrogen-bond acceptors (Lipinski definition) is 3. The lowest BCUT2D eigenvalue weighted by molar-refractivity contribution is 0.0645. The zero-order valence-corrected chi connectivity index (χ0v) is 13.0. The number of imide groups is 1. The molecule has 0 N–H and O–H groups in total. The van der Waals surface area contributed by atoms with Crippen LogP contribution in [0, 0.1) is 0 Å². The molecule has 0 aliphatic carbocycles. The fraction of sp³-hybridized carbons (Fsp3) is 0.263.